The number of rotatable bonds is 6. The maximum absolute atomic E-state index is 11.6. The lowest BCUT2D eigenvalue weighted by molar-refractivity contribution is 0.0206. The quantitative estimate of drug-likeness (QED) is 0.452. The van der Waals surface area contributed by atoms with Crippen molar-refractivity contribution in [2.75, 3.05) is 39.5 Å². The number of carbonyl (C=O) groups excluding carboxylic acids is 1. The number of morpholine rings is 1. The van der Waals surface area contributed by atoms with E-state index >= 15 is 0 Å². The molecule has 0 aliphatic carbocycles. The third-order valence-electron chi connectivity index (χ3n) is 3.41. The molecule has 1 saturated heterocycles. The van der Waals surface area contributed by atoms with Crippen LogP contribution in [0.15, 0.2) is 24.3 Å². The Kier molecular flexibility index (Phi) is 6.87. The molecule has 1 aliphatic heterocycles. The average Bonchev–Trinajstić information content (AvgIpc) is 2.52. The molecule has 134 valence electrons. The van der Waals surface area contributed by atoms with Crippen molar-refractivity contribution in [3.63, 3.8) is 0 Å². The molecule has 0 saturated carbocycles. The highest BCUT2D eigenvalue weighted by molar-refractivity contribution is 5.64. The second-order valence-electron chi connectivity index (χ2n) is 6.69. The van der Waals surface area contributed by atoms with E-state index in [-0.39, 0.29) is 0 Å². The van der Waals surface area contributed by atoms with Gasteiger partial charge in [0.15, 0.2) is 0 Å². The van der Waals surface area contributed by atoms with Crippen LogP contribution in [-0.2, 0) is 9.47 Å². The summed E-state index contributed by atoms with van der Waals surface area (Å²) in [7, 11) is 0. The van der Waals surface area contributed by atoms with Crippen LogP contribution < -0.4 is 9.47 Å². The van der Waals surface area contributed by atoms with Crippen molar-refractivity contribution in [3.8, 4) is 11.5 Å². The predicted molar refractivity (Wildman–Crippen MR) is 90.7 cm³/mol. The van der Waals surface area contributed by atoms with E-state index in [1.807, 2.05) is 0 Å². The van der Waals surface area contributed by atoms with Crippen LogP contribution in [0.4, 0.5) is 4.79 Å². The maximum Gasteiger partial charge on any atom is 0.514 e. The molecule has 1 fully saturated rings. The number of nitrogens with zero attached hydrogens (tertiary/aromatic N) is 1. The highest BCUT2D eigenvalue weighted by Gasteiger charge is 2.18. The van der Waals surface area contributed by atoms with Crippen molar-refractivity contribution in [1.82, 2.24) is 4.90 Å². The number of benzene rings is 1. The normalized spacial score (nSPS) is 15.8. The summed E-state index contributed by atoms with van der Waals surface area (Å²) in [4.78, 5) is 14.0. The van der Waals surface area contributed by atoms with Gasteiger partial charge < -0.3 is 18.9 Å². The molecule has 0 atom stereocenters. The molecule has 1 heterocycles. The molecule has 24 heavy (non-hydrogen) atoms. The van der Waals surface area contributed by atoms with Crippen molar-refractivity contribution in [2.24, 2.45) is 0 Å². The first kappa shape index (κ1) is 18.5. The summed E-state index contributed by atoms with van der Waals surface area (Å²) in [6, 6.07) is 6.96. The van der Waals surface area contributed by atoms with E-state index in [9.17, 15) is 4.79 Å². The fourth-order valence-electron chi connectivity index (χ4n) is 2.27. The van der Waals surface area contributed by atoms with Crippen LogP contribution in [0.2, 0.25) is 0 Å². The fourth-order valence-corrected chi connectivity index (χ4v) is 2.27. The molecule has 0 radical (unpaired) electrons. The van der Waals surface area contributed by atoms with Gasteiger partial charge in [0.1, 0.15) is 17.1 Å². The lowest BCUT2D eigenvalue weighted by Gasteiger charge is -2.26. The highest BCUT2D eigenvalue weighted by atomic mass is 16.7. The Morgan fingerprint density at radius 1 is 1.12 bits per heavy atom. The minimum Gasteiger partial charge on any atom is -0.494 e. The van der Waals surface area contributed by atoms with Crippen molar-refractivity contribution in [1.29, 1.82) is 0 Å². The molecule has 0 N–H and O–H groups in total. The summed E-state index contributed by atoms with van der Waals surface area (Å²) in [5.41, 5.74) is -0.569. The lowest BCUT2D eigenvalue weighted by Crippen LogP contribution is -2.37. The first-order valence-electron chi connectivity index (χ1n) is 8.36. The second kappa shape index (κ2) is 8.89. The number of carbonyl (C=O) groups is 1. The molecule has 1 aromatic carbocycles. The van der Waals surface area contributed by atoms with Gasteiger partial charge in [-0.05, 0) is 51.5 Å². The molecule has 0 aromatic heterocycles. The SMILES string of the molecule is CC(C)(C)OC(=O)Oc1ccc(OCCCN2CCOCC2)cc1. The third kappa shape index (κ3) is 7.19. The van der Waals surface area contributed by atoms with Gasteiger partial charge in [0.05, 0.1) is 19.8 Å². The zero-order valence-electron chi connectivity index (χ0n) is 14.7. The summed E-state index contributed by atoms with van der Waals surface area (Å²) in [6.45, 7) is 10.7. The van der Waals surface area contributed by atoms with Crippen LogP contribution in [0.25, 0.3) is 0 Å². The van der Waals surface area contributed by atoms with Gasteiger partial charge >= 0.3 is 6.16 Å². The third-order valence-corrected chi connectivity index (χ3v) is 3.41. The van der Waals surface area contributed by atoms with Crippen LogP contribution >= 0.6 is 0 Å². The molecule has 0 bridgehead atoms. The van der Waals surface area contributed by atoms with Gasteiger partial charge in [0.2, 0.25) is 0 Å². The van der Waals surface area contributed by atoms with Gasteiger partial charge in [-0.2, -0.15) is 0 Å². The molecule has 0 amide bonds. The molecule has 1 aliphatic rings. The van der Waals surface area contributed by atoms with Crippen LogP contribution in [0.1, 0.15) is 27.2 Å². The molecule has 2 rings (SSSR count). The zero-order valence-corrected chi connectivity index (χ0v) is 14.7. The van der Waals surface area contributed by atoms with Crippen molar-refractivity contribution < 1.29 is 23.7 Å². The number of hydrogen-bond donors (Lipinski definition) is 0. The topological polar surface area (TPSA) is 57.2 Å². The van der Waals surface area contributed by atoms with E-state index in [2.05, 4.69) is 4.90 Å². The molecular weight excluding hydrogens is 310 g/mol. The van der Waals surface area contributed by atoms with Gasteiger partial charge in [0.25, 0.3) is 0 Å². The summed E-state index contributed by atoms with van der Waals surface area (Å²) in [5.74, 6) is 1.19. The largest absolute Gasteiger partial charge is 0.514 e. The molecular formula is C18H27NO5. The molecule has 6 heteroatoms. The van der Waals surface area contributed by atoms with E-state index in [4.69, 9.17) is 18.9 Å². The minimum atomic E-state index is -0.707. The van der Waals surface area contributed by atoms with E-state index in [1.54, 1.807) is 45.0 Å². The lowest BCUT2D eigenvalue weighted by atomic mass is 10.2. The minimum absolute atomic E-state index is 0.435. The van der Waals surface area contributed by atoms with Crippen LogP contribution in [0.5, 0.6) is 11.5 Å². The van der Waals surface area contributed by atoms with Crippen molar-refractivity contribution >= 4 is 6.16 Å². The molecule has 0 unspecified atom stereocenters. The van der Waals surface area contributed by atoms with E-state index in [1.165, 1.54) is 0 Å². The van der Waals surface area contributed by atoms with E-state index in [0.717, 1.165) is 45.0 Å². The Morgan fingerprint density at radius 3 is 2.38 bits per heavy atom. The standard InChI is InChI=1S/C18H27NO5/c1-18(2,3)24-17(20)23-16-7-5-15(6-8-16)22-12-4-9-19-10-13-21-14-11-19/h5-8H,4,9-14H2,1-3H3. The van der Waals surface area contributed by atoms with Crippen LogP contribution in [0.3, 0.4) is 0 Å². The van der Waals surface area contributed by atoms with Gasteiger partial charge in [-0.3, -0.25) is 4.90 Å². The molecule has 6 nitrogen and oxygen atoms in total. The Balaban J connectivity index is 1.67. The summed E-state index contributed by atoms with van der Waals surface area (Å²) >= 11 is 0. The van der Waals surface area contributed by atoms with Gasteiger partial charge in [-0.1, -0.05) is 0 Å². The molecule has 1 aromatic rings. The smallest absolute Gasteiger partial charge is 0.494 e. The van der Waals surface area contributed by atoms with E-state index < -0.39 is 11.8 Å². The predicted octanol–water partition coefficient (Wildman–Crippen LogP) is 3.10. The van der Waals surface area contributed by atoms with Gasteiger partial charge in [-0.25, -0.2) is 4.79 Å². The number of ether oxygens (including phenoxy) is 4. The summed E-state index contributed by atoms with van der Waals surface area (Å²) < 4.78 is 21.2. The van der Waals surface area contributed by atoms with Crippen LogP contribution in [-0.4, -0.2) is 56.1 Å². The van der Waals surface area contributed by atoms with Crippen molar-refractivity contribution in [2.45, 2.75) is 32.8 Å². The Bertz CT molecular complexity index is 503. The van der Waals surface area contributed by atoms with Gasteiger partial charge in [-0.15, -0.1) is 0 Å². The summed E-state index contributed by atoms with van der Waals surface area (Å²) in [6.07, 6.45) is 0.262. The Hall–Kier alpha value is -1.79. The fraction of sp³-hybridized carbons (Fsp3) is 0.611. The maximum atomic E-state index is 11.6. The second-order valence-corrected chi connectivity index (χ2v) is 6.69. The first-order valence-corrected chi connectivity index (χ1v) is 8.36. The van der Waals surface area contributed by atoms with Gasteiger partial charge in [0, 0.05) is 19.6 Å². The van der Waals surface area contributed by atoms with E-state index in [0.29, 0.717) is 12.4 Å². The summed E-state index contributed by atoms with van der Waals surface area (Å²) in [5, 5.41) is 0. The van der Waals surface area contributed by atoms with Crippen molar-refractivity contribution in [3.05, 3.63) is 24.3 Å². The Morgan fingerprint density at radius 2 is 1.75 bits per heavy atom. The monoisotopic (exact) mass is 337 g/mol. The van der Waals surface area contributed by atoms with Crippen LogP contribution in [0, 0.1) is 0 Å². The molecule has 0 spiro atoms. The first-order chi connectivity index (χ1) is 11.4. The Labute approximate surface area is 143 Å². The average molecular weight is 337 g/mol. The highest BCUT2D eigenvalue weighted by Crippen LogP contribution is 2.19. The zero-order chi connectivity index (χ0) is 17.4. The number of hydrogen-bond acceptors (Lipinski definition) is 6.